The van der Waals surface area contributed by atoms with Crippen LogP contribution in [0.2, 0.25) is 0 Å². The van der Waals surface area contributed by atoms with Gasteiger partial charge in [-0.3, -0.25) is 4.57 Å². The second kappa shape index (κ2) is 11.0. The summed E-state index contributed by atoms with van der Waals surface area (Å²) < 4.78 is 83.3. The van der Waals surface area contributed by atoms with Gasteiger partial charge >= 0.3 is 21.5 Å². The van der Waals surface area contributed by atoms with Crippen molar-refractivity contribution in [1.29, 1.82) is 0 Å². The molecule has 0 bridgehead atoms. The lowest BCUT2D eigenvalue weighted by Gasteiger charge is -2.39. The first-order valence-electron chi connectivity index (χ1n) is 13.3. The topological polar surface area (TPSA) is 77.8 Å². The average molecular weight is 581 g/mol. The fourth-order valence-corrected chi connectivity index (χ4v) is 6.67. The van der Waals surface area contributed by atoms with Crippen molar-refractivity contribution < 1.29 is 35.9 Å². The Labute approximate surface area is 232 Å². The lowest BCUT2D eigenvalue weighted by Crippen LogP contribution is -2.56. The molecular formula is C29H35F3N2O5S. The van der Waals surface area contributed by atoms with Crippen molar-refractivity contribution in [3.8, 4) is 11.4 Å². The highest BCUT2D eigenvalue weighted by molar-refractivity contribution is 7.93. The lowest BCUT2D eigenvalue weighted by molar-refractivity contribution is -0.158. The van der Waals surface area contributed by atoms with Crippen LogP contribution in [0.4, 0.5) is 19.0 Å². The van der Waals surface area contributed by atoms with E-state index < -0.39 is 39.1 Å². The summed E-state index contributed by atoms with van der Waals surface area (Å²) in [6.45, 7) is 6.38. The maximum Gasteiger partial charge on any atom is 0.516 e. The number of alkyl halides is 3. The zero-order valence-electron chi connectivity index (χ0n) is 23.3. The summed E-state index contributed by atoms with van der Waals surface area (Å²) in [6.07, 6.45) is 2.99. The zero-order valence-corrected chi connectivity index (χ0v) is 24.1. The van der Waals surface area contributed by atoms with Gasteiger partial charge in [-0.15, -0.1) is 0 Å². The van der Waals surface area contributed by atoms with Crippen molar-refractivity contribution >= 4 is 32.7 Å². The van der Waals surface area contributed by atoms with E-state index in [4.69, 9.17) is 9.47 Å². The number of methoxy groups -OCH3 is 1. The number of rotatable bonds is 7. The number of aromatic nitrogens is 1. The van der Waals surface area contributed by atoms with Crippen molar-refractivity contribution in [1.82, 2.24) is 4.57 Å². The van der Waals surface area contributed by atoms with Crippen molar-refractivity contribution in [2.24, 2.45) is 5.92 Å². The number of para-hydroxylation sites is 1. The number of sulfonamides is 1. The number of fused-ring (bicyclic) bond motifs is 1. The Hall–Kier alpha value is -3.21. The number of aryl methyl sites for hydroxylation is 1. The Morgan fingerprint density at radius 2 is 1.60 bits per heavy atom. The van der Waals surface area contributed by atoms with Gasteiger partial charge in [0.15, 0.2) is 0 Å². The number of hydrogen-bond donors (Lipinski definition) is 0. The van der Waals surface area contributed by atoms with E-state index in [1.165, 1.54) is 11.7 Å². The van der Waals surface area contributed by atoms with Gasteiger partial charge in [-0.2, -0.15) is 21.6 Å². The van der Waals surface area contributed by atoms with Gasteiger partial charge in [-0.25, -0.2) is 9.10 Å². The summed E-state index contributed by atoms with van der Waals surface area (Å²) in [5.74, 6) is -1.39. The van der Waals surface area contributed by atoms with Crippen LogP contribution in [-0.4, -0.2) is 43.2 Å². The highest BCUT2D eigenvalue weighted by Crippen LogP contribution is 2.44. The van der Waals surface area contributed by atoms with Crippen LogP contribution in [0, 0.1) is 12.8 Å². The van der Waals surface area contributed by atoms with Crippen LogP contribution in [0.5, 0.6) is 5.75 Å². The molecule has 7 nitrogen and oxygen atoms in total. The van der Waals surface area contributed by atoms with Crippen molar-refractivity contribution in [2.45, 2.75) is 77.0 Å². The third-order valence-electron chi connectivity index (χ3n) is 7.18. The number of esters is 1. The number of nitrogens with zero attached hydrogens (tertiary/aromatic N) is 2. The van der Waals surface area contributed by atoms with Crippen molar-refractivity contribution in [3.05, 3.63) is 54.1 Å². The van der Waals surface area contributed by atoms with Gasteiger partial charge in [0.25, 0.3) is 0 Å². The Morgan fingerprint density at radius 3 is 2.15 bits per heavy atom. The first-order chi connectivity index (χ1) is 18.7. The fraction of sp³-hybridized carbons (Fsp3) is 0.483. The average Bonchev–Trinajstić information content (AvgIpc) is 3.17. The number of hydrogen-bond acceptors (Lipinski definition) is 5. The number of carbonyl (C=O) groups excluding carboxylic acids is 1. The van der Waals surface area contributed by atoms with Crippen LogP contribution in [-0.2, 0) is 19.6 Å². The molecule has 0 unspecified atom stereocenters. The molecular weight excluding hydrogens is 545 g/mol. The monoisotopic (exact) mass is 580 g/mol. The van der Waals surface area contributed by atoms with E-state index in [1.807, 2.05) is 0 Å². The second-order valence-electron chi connectivity index (χ2n) is 11.1. The molecule has 0 saturated heterocycles. The molecule has 1 aliphatic rings. The van der Waals surface area contributed by atoms with Gasteiger partial charge in [0, 0.05) is 16.6 Å². The van der Waals surface area contributed by atoms with Gasteiger partial charge in [0.1, 0.15) is 23.2 Å². The van der Waals surface area contributed by atoms with Gasteiger partial charge in [-0.1, -0.05) is 37.5 Å². The van der Waals surface area contributed by atoms with Crippen LogP contribution in [0.1, 0.15) is 58.4 Å². The van der Waals surface area contributed by atoms with E-state index in [1.54, 1.807) is 76.2 Å². The quantitative estimate of drug-likeness (QED) is 0.284. The molecule has 0 radical (unpaired) electrons. The highest BCUT2D eigenvalue weighted by atomic mass is 32.2. The molecule has 0 N–H and O–H groups in total. The second-order valence-corrected chi connectivity index (χ2v) is 12.9. The van der Waals surface area contributed by atoms with E-state index in [0.717, 1.165) is 6.42 Å². The molecule has 0 spiro atoms. The van der Waals surface area contributed by atoms with E-state index in [-0.39, 0.29) is 5.82 Å². The third-order valence-corrected chi connectivity index (χ3v) is 8.69. The molecule has 2 aromatic carbocycles. The molecule has 40 heavy (non-hydrogen) atoms. The fourth-order valence-electron chi connectivity index (χ4n) is 5.44. The minimum atomic E-state index is -6.07. The van der Waals surface area contributed by atoms with Gasteiger partial charge < -0.3 is 9.47 Å². The number of halogens is 3. The molecule has 1 saturated carbocycles. The van der Waals surface area contributed by atoms with Gasteiger partial charge in [0.2, 0.25) is 0 Å². The van der Waals surface area contributed by atoms with Crippen LogP contribution in [0.15, 0.2) is 48.5 Å². The minimum Gasteiger partial charge on any atom is -0.497 e. The minimum absolute atomic E-state index is 0.245. The molecule has 1 aliphatic carbocycles. The molecule has 4 rings (SSSR count). The molecule has 1 atom stereocenters. The van der Waals surface area contributed by atoms with Crippen LogP contribution in [0.25, 0.3) is 16.6 Å². The standard InChI is InChI=1S/C29H35F3N2O5S/c1-19-23-13-9-10-14-24(23)33(21-15-17-22(38-5)18-16-21)26(19)34(40(36,37)29(30,31)32)25(20-11-7-6-8-12-20)27(35)39-28(2,3)4/h9-10,13-18,20,25H,6-8,11-12H2,1-5H3/t25-/m0/s1. The molecule has 218 valence electrons. The first-order valence-corrected chi connectivity index (χ1v) is 14.7. The Kier molecular flexibility index (Phi) is 8.18. The Balaban J connectivity index is 2.09. The smallest absolute Gasteiger partial charge is 0.497 e. The highest BCUT2D eigenvalue weighted by Gasteiger charge is 2.56. The molecule has 11 heteroatoms. The van der Waals surface area contributed by atoms with Crippen molar-refractivity contribution in [2.75, 3.05) is 11.4 Å². The van der Waals surface area contributed by atoms with Gasteiger partial charge in [-0.05, 0) is 76.8 Å². The number of ether oxygens (including phenoxy) is 2. The summed E-state index contributed by atoms with van der Waals surface area (Å²) in [5, 5.41) is 0.558. The maximum absolute atomic E-state index is 14.5. The summed E-state index contributed by atoms with van der Waals surface area (Å²) in [7, 11) is -4.58. The number of anilines is 1. The predicted octanol–water partition coefficient (Wildman–Crippen LogP) is 6.89. The summed E-state index contributed by atoms with van der Waals surface area (Å²) >= 11 is 0. The molecule has 1 fully saturated rings. The van der Waals surface area contributed by atoms with E-state index in [2.05, 4.69) is 0 Å². The first kappa shape index (κ1) is 29.8. The Bertz CT molecular complexity index is 1470. The predicted molar refractivity (Wildman–Crippen MR) is 148 cm³/mol. The Morgan fingerprint density at radius 1 is 1.00 bits per heavy atom. The molecule has 1 heterocycles. The zero-order chi connectivity index (χ0) is 29.5. The van der Waals surface area contributed by atoms with Crippen molar-refractivity contribution in [3.63, 3.8) is 0 Å². The lowest BCUT2D eigenvalue weighted by atomic mass is 9.83. The van der Waals surface area contributed by atoms with Gasteiger partial charge in [0.05, 0.1) is 12.6 Å². The largest absolute Gasteiger partial charge is 0.516 e. The van der Waals surface area contributed by atoms with E-state index >= 15 is 0 Å². The van der Waals surface area contributed by atoms with Crippen LogP contribution in [0.3, 0.4) is 0 Å². The SMILES string of the molecule is COc1ccc(-n2c(N([C@H](C(=O)OC(C)(C)C)C3CCCCC3)S(=O)(=O)C(F)(F)F)c(C)c3ccccc32)cc1. The van der Waals surface area contributed by atoms with E-state index in [9.17, 15) is 26.4 Å². The summed E-state index contributed by atoms with van der Waals surface area (Å²) in [6, 6.07) is 11.7. The molecule has 1 aromatic heterocycles. The van der Waals surface area contributed by atoms with Crippen LogP contribution >= 0.6 is 0 Å². The molecule has 0 aliphatic heterocycles. The maximum atomic E-state index is 14.5. The summed E-state index contributed by atoms with van der Waals surface area (Å²) in [5.41, 5.74) is -5.52. The molecule has 3 aromatic rings. The third kappa shape index (κ3) is 5.66. The number of benzene rings is 2. The molecule has 0 amide bonds. The van der Waals surface area contributed by atoms with Crippen LogP contribution < -0.4 is 9.04 Å². The normalized spacial score (nSPS) is 16.1. The van der Waals surface area contributed by atoms with E-state index in [0.29, 0.717) is 57.9 Å². The summed E-state index contributed by atoms with van der Waals surface area (Å²) in [4.78, 5) is 13.8. The number of carbonyl (C=O) groups is 1.